The molecule has 0 aliphatic rings. The van der Waals surface area contributed by atoms with Crippen molar-refractivity contribution in [2.45, 2.75) is 26.1 Å². The van der Waals surface area contributed by atoms with E-state index in [2.05, 4.69) is 0 Å². The number of hydrogen-bond donors (Lipinski definition) is 0. The molecule has 0 unspecified atom stereocenters. The first-order valence-corrected chi connectivity index (χ1v) is 3.84. The van der Waals surface area contributed by atoms with Crippen molar-refractivity contribution < 1.29 is 19.0 Å². The molecule has 0 aromatic carbocycles. The molecule has 72 valence electrons. The van der Waals surface area contributed by atoms with Gasteiger partial charge < -0.3 is 14.2 Å². The Morgan fingerprint density at radius 3 is 2.17 bits per heavy atom. The summed E-state index contributed by atoms with van der Waals surface area (Å²) in [7, 11) is 2.98. The lowest BCUT2D eigenvalue weighted by molar-refractivity contribution is -0.205. The zero-order chi connectivity index (χ0) is 9.61. The third kappa shape index (κ3) is 3.69. The van der Waals surface area contributed by atoms with Gasteiger partial charge in [0.05, 0.1) is 13.0 Å². The normalized spacial score (nSPS) is 11.3. The van der Waals surface area contributed by atoms with Crippen LogP contribution in [0.2, 0.25) is 0 Å². The maximum atomic E-state index is 11.0. The van der Waals surface area contributed by atoms with Gasteiger partial charge in [0.1, 0.15) is 0 Å². The van der Waals surface area contributed by atoms with Gasteiger partial charge in [0.25, 0.3) is 0 Å². The average Bonchev–Trinajstić information content (AvgIpc) is 2.05. The number of rotatable bonds is 5. The maximum Gasteiger partial charge on any atom is 0.311 e. The number of carbonyl (C=O) groups excluding carboxylic acids is 1. The van der Waals surface area contributed by atoms with E-state index in [1.165, 1.54) is 14.2 Å². The molecule has 0 aromatic heterocycles. The zero-order valence-corrected chi connectivity index (χ0v) is 8.05. The largest absolute Gasteiger partial charge is 0.466 e. The molecule has 0 N–H and O–H groups in total. The van der Waals surface area contributed by atoms with Crippen molar-refractivity contribution in [3.8, 4) is 0 Å². The van der Waals surface area contributed by atoms with E-state index < -0.39 is 5.79 Å². The predicted octanol–water partition coefficient (Wildman–Crippen LogP) is 0.949. The Kier molecular flexibility index (Phi) is 4.85. The van der Waals surface area contributed by atoms with Crippen LogP contribution in [0.1, 0.15) is 20.3 Å². The minimum absolute atomic E-state index is 0.105. The van der Waals surface area contributed by atoms with Gasteiger partial charge in [-0.05, 0) is 13.8 Å². The molecule has 0 radical (unpaired) electrons. The molecule has 12 heavy (non-hydrogen) atoms. The lowest BCUT2D eigenvalue weighted by Crippen LogP contribution is -2.33. The van der Waals surface area contributed by atoms with Crippen LogP contribution >= 0.6 is 0 Å². The van der Waals surface area contributed by atoms with Crippen molar-refractivity contribution in [1.29, 1.82) is 0 Å². The summed E-state index contributed by atoms with van der Waals surface area (Å²) in [6.45, 7) is 3.82. The molecule has 0 fully saturated rings. The van der Waals surface area contributed by atoms with Crippen molar-refractivity contribution in [2.24, 2.45) is 0 Å². The first-order valence-electron chi connectivity index (χ1n) is 3.84. The standard InChI is InChI=1S/C8H16O4/c1-5-12-7(9)6-8(2,10-3)11-4/h5-6H2,1-4H3. The van der Waals surface area contributed by atoms with Crippen molar-refractivity contribution in [3.63, 3.8) is 0 Å². The van der Waals surface area contributed by atoms with Crippen molar-refractivity contribution in [3.05, 3.63) is 0 Å². The fourth-order valence-corrected chi connectivity index (χ4v) is 0.702. The van der Waals surface area contributed by atoms with E-state index in [1.807, 2.05) is 0 Å². The molecule has 4 nitrogen and oxygen atoms in total. The van der Waals surface area contributed by atoms with Crippen LogP contribution in [0, 0.1) is 0 Å². The Morgan fingerprint density at radius 2 is 1.83 bits per heavy atom. The van der Waals surface area contributed by atoms with Gasteiger partial charge in [-0.1, -0.05) is 0 Å². The molecule has 0 aliphatic heterocycles. The zero-order valence-electron chi connectivity index (χ0n) is 8.05. The number of methoxy groups -OCH3 is 2. The van der Waals surface area contributed by atoms with E-state index in [0.29, 0.717) is 6.61 Å². The number of ether oxygens (including phenoxy) is 3. The van der Waals surface area contributed by atoms with Gasteiger partial charge in [-0.3, -0.25) is 4.79 Å². The molecular weight excluding hydrogens is 160 g/mol. The van der Waals surface area contributed by atoms with E-state index in [4.69, 9.17) is 14.2 Å². The van der Waals surface area contributed by atoms with Crippen LogP contribution in [0.3, 0.4) is 0 Å². The fraction of sp³-hybridized carbons (Fsp3) is 0.875. The molecule has 0 bridgehead atoms. The molecule has 4 heteroatoms. The summed E-state index contributed by atoms with van der Waals surface area (Å²) in [5.41, 5.74) is 0. The van der Waals surface area contributed by atoms with Gasteiger partial charge in [-0.15, -0.1) is 0 Å². The maximum absolute atomic E-state index is 11.0. The number of esters is 1. The second kappa shape index (κ2) is 5.11. The average molecular weight is 176 g/mol. The van der Waals surface area contributed by atoms with Crippen LogP contribution < -0.4 is 0 Å². The van der Waals surface area contributed by atoms with Crippen LogP contribution in [-0.2, 0) is 19.0 Å². The minimum atomic E-state index is -0.869. The molecule has 0 saturated carbocycles. The Morgan fingerprint density at radius 1 is 1.33 bits per heavy atom. The molecule has 0 heterocycles. The van der Waals surface area contributed by atoms with E-state index >= 15 is 0 Å². The first-order chi connectivity index (χ1) is 5.58. The van der Waals surface area contributed by atoms with Crippen molar-refractivity contribution in [2.75, 3.05) is 20.8 Å². The highest BCUT2D eigenvalue weighted by atomic mass is 16.7. The molecule has 0 saturated heterocycles. The first kappa shape index (κ1) is 11.4. The Hall–Kier alpha value is -0.610. The molecule has 0 aromatic rings. The van der Waals surface area contributed by atoms with Gasteiger partial charge in [0.2, 0.25) is 0 Å². The Bertz CT molecular complexity index is 140. The molecule has 0 aliphatic carbocycles. The summed E-state index contributed by atoms with van der Waals surface area (Å²) in [6.07, 6.45) is 0.105. The van der Waals surface area contributed by atoms with E-state index in [9.17, 15) is 4.79 Å². The second-order valence-electron chi connectivity index (χ2n) is 2.52. The van der Waals surface area contributed by atoms with Crippen LogP contribution in [0.25, 0.3) is 0 Å². The van der Waals surface area contributed by atoms with Gasteiger partial charge in [-0.25, -0.2) is 0 Å². The molecule has 0 spiro atoms. The van der Waals surface area contributed by atoms with Crippen LogP contribution in [0.15, 0.2) is 0 Å². The summed E-state index contributed by atoms with van der Waals surface area (Å²) < 4.78 is 14.7. The van der Waals surface area contributed by atoms with Gasteiger partial charge in [0.15, 0.2) is 5.79 Å². The monoisotopic (exact) mass is 176 g/mol. The lowest BCUT2D eigenvalue weighted by atomic mass is 10.2. The summed E-state index contributed by atoms with van der Waals surface area (Å²) in [6, 6.07) is 0. The van der Waals surface area contributed by atoms with Crippen molar-refractivity contribution >= 4 is 5.97 Å². The van der Waals surface area contributed by atoms with E-state index in [0.717, 1.165) is 0 Å². The smallest absolute Gasteiger partial charge is 0.311 e. The van der Waals surface area contributed by atoms with Gasteiger partial charge in [0, 0.05) is 14.2 Å². The highest BCUT2D eigenvalue weighted by Crippen LogP contribution is 2.15. The summed E-state index contributed by atoms with van der Waals surface area (Å²) in [5.74, 6) is -1.18. The van der Waals surface area contributed by atoms with Crippen LogP contribution in [0.4, 0.5) is 0 Å². The van der Waals surface area contributed by atoms with E-state index in [1.54, 1.807) is 13.8 Å². The van der Waals surface area contributed by atoms with Gasteiger partial charge >= 0.3 is 5.97 Å². The summed E-state index contributed by atoms with van der Waals surface area (Å²) in [4.78, 5) is 11.0. The molecule has 0 atom stereocenters. The van der Waals surface area contributed by atoms with Crippen LogP contribution in [0.5, 0.6) is 0 Å². The highest BCUT2D eigenvalue weighted by molar-refractivity contribution is 5.70. The number of carbonyl (C=O) groups is 1. The highest BCUT2D eigenvalue weighted by Gasteiger charge is 2.27. The predicted molar refractivity (Wildman–Crippen MR) is 43.7 cm³/mol. The fourth-order valence-electron chi connectivity index (χ4n) is 0.702. The third-order valence-corrected chi connectivity index (χ3v) is 1.63. The Labute approximate surface area is 72.8 Å². The minimum Gasteiger partial charge on any atom is -0.466 e. The quantitative estimate of drug-likeness (QED) is 0.462. The number of hydrogen-bond acceptors (Lipinski definition) is 4. The molecular formula is C8H16O4. The van der Waals surface area contributed by atoms with Crippen molar-refractivity contribution in [1.82, 2.24) is 0 Å². The Balaban J connectivity index is 3.93. The van der Waals surface area contributed by atoms with Crippen LogP contribution in [-0.4, -0.2) is 32.6 Å². The SMILES string of the molecule is CCOC(=O)CC(C)(OC)OC. The summed E-state index contributed by atoms with van der Waals surface area (Å²) >= 11 is 0. The molecule has 0 amide bonds. The van der Waals surface area contributed by atoms with Gasteiger partial charge in [-0.2, -0.15) is 0 Å². The summed E-state index contributed by atoms with van der Waals surface area (Å²) in [5, 5.41) is 0. The third-order valence-electron chi connectivity index (χ3n) is 1.63. The topological polar surface area (TPSA) is 44.8 Å². The second-order valence-corrected chi connectivity index (χ2v) is 2.52. The molecule has 0 rings (SSSR count). The lowest BCUT2D eigenvalue weighted by Gasteiger charge is -2.24. The van der Waals surface area contributed by atoms with E-state index in [-0.39, 0.29) is 12.4 Å².